The third-order valence-electron chi connectivity index (χ3n) is 4.66. The number of carboxylic acids is 2. The number of carboxylic acid groups (broad SMARTS) is 2. The summed E-state index contributed by atoms with van der Waals surface area (Å²) in [7, 11) is 0. The van der Waals surface area contributed by atoms with Crippen molar-refractivity contribution in [2.45, 2.75) is 50.2 Å². The maximum atomic E-state index is 12.7. The summed E-state index contributed by atoms with van der Waals surface area (Å²) in [5, 5.41) is 25.0. The molecule has 9 N–H and O–H groups in total. The molecule has 0 spiro atoms. The monoisotopic (exact) mass is 465 g/mol. The van der Waals surface area contributed by atoms with Crippen molar-refractivity contribution in [1.82, 2.24) is 16.0 Å². The fourth-order valence-corrected chi connectivity index (χ4v) is 2.89. The van der Waals surface area contributed by atoms with E-state index in [0.717, 1.165) is 6.42 Å². The van der Waals surface area contributed by atoms with Crippen LogP contribution in [0.25, 0.3) is 0 Å². The molecule has 182 valence electrons. The van der Waals surface area contributed by atoms with Crippen LogP contribution in [-0.2, 0) is 30.4 Å². The first kappa shape index (κ1) is 27.5. The van der Waals surface area contributed by atoms with Crippen molar-refractivity contribution in [1.29, 1.82) is 0 Å². The number of aliphatic carboxylic acids is 2. The summed E-state index contributed by atoms with van der Waals surface area (Å²) >= 11 is 0. The van der Waals surface area contributed by atoms with E-state index in [1.54, 1.807) is 30.3 Å². The quantitative estimate of drug-likeness (QED) is 0.147. The molecular formula is C21H31N5O7. The van der Waals surface area contributed by atoms with E-state index in [1.165, 1.54) is 0 Å². The van der Waals surface area contributed by atoms with E-state index in [0.29, 0.717) is 24.9 Å². The number of carbonyl (C=O) groups excluding carboxylic acids is 3. The standard InChI is InChI=1S/C21H31N5O7/c22-9-5-4-8-14(23)19(30)24-12-17(27)25-15(10-13-6-2-1-3-7-13)20(31)26-16(21(32)33)11-18(28)29/h1-3,6-7,14-16H,4-5,8-12,22-23H2,(H,24,30)(H,25,27)(H,26,31)(H,28,29)(H,32,33)/t14-,15+,16+/m1/s1. The fourth-order valence-electron chi connectivity index (χ4n) is 2.89. The number of hydrogen-bond acceptors (Lipinski definition) is 7. The number of benzene rings is 1. The first-order valence-corrected chi connectivity index (χ1v) is 10.5. The van der Waals surface area contributed by atoms with E-state index in [1.807, 2.05) is 0 Å². The highest BCUT2D eigenvalue weighted by Crippen LogP contribution is 2.05. The van der Waals surface area contributed by atoms with E-state index in [2.05, 4.69) is 16.0 Å². The van der Waals surface area contributed by atoms with Crippen LogP contribution in [-0.4, -0.2) is 71.1 Å². The molecule has 3 atom stereocenters. The van der Waals surface area contributed by atoms with Crippen LogP contribution in [0.1, 0.15) is 31.2 Å². The predicted molar refractivity (Wildman–Crippen MR) is 118 cm³/mol. The lowest BCUT2D eigenvalue weighted by Crippen LogP contribution is -2.54. The molecule has 1 aromatic rings. The zero-order valence-corrected chi connectivity index (χ0v) is 18.2. The Morgan fingerprint density at radius 3 is 2.15 bits per heavy atom. The van der Waals surface area contributed by atoms with Gasteiger partial charge in [0.05, 0.1) is 19.0 Å². The van der Waals surface area contributed by atoms with Gasteiger partial charge < -0.3 is 37.6 Å². The molecule has 12 heteroatoms. The summed E-state index contributed by atoms with van der Waals surface area (Å²) in [6.45, 7) is 0.0380. The normalized spacial score (nSPS) is 13.3. The molecule has 33 heavy (non-hydrogen) atoms. The van der Waals surface area contributed by atoms with Gasteiger partial charge >= 0.3 is 11.9 Å². The number of nitrogens with one attached hydrogen (secondary N) is 3. The summed E-state index contributed by atoms with van der Waals surface area (Å²) in [6, 6.07) is 4.95. The first-order valence-electron chi connectivity index (χ1n) is 10.5. The molecule has 0 unspecified atom stereocenters. The Labute approximate surface area is 191 Å². The van der Waals surface area contributed by atoms with Gasteiger partial charge in [-0.25, -0.2) is 4.79 Å². The Bertz CT molecular complexity index is 818. The van der Waals surface area contributed by atoms with Crippen LogP contribution in [0.4, 0.5) is 0 Å². The number of carbonyl (C=O) groups is 5. The first-order chi connectivity index (χ1) is 15.6. The summed E-state index contributed by atoms with van der Waals surface area (Å²) < 4.78 is 0. The minimum atomic E-state index is -1.67. The van der Waals surface area contributed by atoms with Gasteiger partial charge in [-0.05, 0) is 24.9 Å². The highest BCUT2D eigenvalue weighted by atomic mass is 16.4. The van der Waals surface area contributed by atoms with Gasteiger partial charge in [-0.15, -0.1) is 0 Å². The Morgan fingerprint density at radius 1 is 0.909 bits per heavy atom. The number of amides is 3. The molecule has 0 aliphatic carbocycles. The van der Waals surface area contributed by atoms with Crippen molar-refractivity contribution in [3.8, 4) is 0 Å². The average Bonchev–Trinajstić information content (AvgIpc) is 2.76. The van der Waals surface area contributed by atoms with Crippen LogP contribution >= 0.6 is 0 Å². The van der Waals surface area contributed by atoms with E-state index < -0.39 is 60.8 Å². The molecule has 0 bridgehead atoms. The van der Waals surface area contributed by atoms with Gasteiger partial charge in [0.15, 0.2) is 0 Å². The molecule has 0 saturated heterocycles. The van der Waals surface area contributed by atoms with Gasteiger partial charge in [0.1, 0.15) is 12.1 Å². The minimum Gasteiger partial charge on any atom is -0.481 e. The molecule has 0 heterocycles. The zero-order chi connectivity index (χ0) is 24.8. The lowest BCUT2D eigenvalue weighted by Gasteiger charge is -2.21. The van der Waals surface area contributed by atoms with Crippen LogP contribution < -0.4 is 27.4 Å². The largest absolute Gasteiger partial charge is 0.481 e. The predicted octanol–water partition coefficient (Wildman–Crippen LogP) is -1.67. The molecule has 1 rings (SSSR count). The van der Waals surface area contributed by atoms with Crippen LogP contribution in [0.2, 0.25) is 0 Å². The third kappa shape index (κ3) is 11.1. The summed E-state index contributed by atoms with van der Waals surface area (Å²) in [6.07, 6.45) is 0.980. The van der Waals surface area contributed by atoms with Gasteiger partial charge in [0.2, 0.25) is 17.7 Å². The zero-order valence-electron chi connectivity index (χ0n) is 18.2. The van der Waals surface area contributed by atoms with Crippen molar-refractivity contribution < 1.29 is 34.2 Å². The lowest BCUT2D eigenvalue weighted by atomic mass is 10.0. The number of nitrogens with two attached hydrogens (primary N) is 2. The second-order valence-corrected chi connectivity index (χ2v) is 7.42. The molecule has 0 radical (unpaired) electrons. The molecule has 0 fully saturated rings. The maximum Gasteiger partial charge on any atom is 0.326 e. The van der Waals surface area contributed by atoms with Crippen molar-refractivity contribution in [2.75, 3.05) is 13.1 Å². The van der Waals surface area contributed by atoms with Crippen LogP contribution in [0.5, 0.6) is 0 Å². The van der Waals surface area contributed by atoms with Gasteiger partial charge in [-0.1, -0.05) is 36.8 Å². The highest BCUT2D eigenvalue weighted by Gasteiger charge is 2.28. The second-order valence-electron chi connectivity index (χ2n) is 7.42. The van der Waals surface area contributed by atoms with Gasteiger partial charge in [-0.3, -0.25) is 19.2 Å². The summed E-state index contributed by atoms with van der Waals surface area (Å²) in [5.41, 5.74) is 11.8. The summed E-state index contributed by atoms with van der Waals surface area (Å²) in [5.74, 6) is -5.02. The van der Waals surface area contributed by atoms with Crippen molar-refractivity contribution >= 4 is 29.7 Å². The van der Waals surface area contributed by atoms with E-state index in [-0.39, 0.29) is 6.42 Å². The van der Waals surface area contributed by atoms with Crippen molar-refractivity contribution in [3.05, 3.63) is 35.9 Å². The van der Waals surface area contributed by atoms with Gasteiger partial charge in [0.25, 0.3) is 0 Å². The van der Waals surface area contributed by atoms with E-state index in [9.17, 15) is 24.0 Å². The smallest absolute Gasteiger partial charge is 0.326 e. The fraction of sp³-hybridized carbons (Fsp3) is 0.476. The second kappa shape index (κ2) is 14.5. The molecule has 0 aromatic heterocycles. The molecule has 0 aliphatic heterocycles. The van der Waals surface area contributed by atoms with Gasteiger partial charge in [-0.2, -0.15) is 0 Å². The third-order valence-corrected chi connectivity index (χ3v) is 4.66. The molecule has 0 saturated carbocycles. The number of hydrogen-bond donors (Lipinski definition) is 7. The maximum absolute atomic E-state index is 12.7. The van der Waals surface area contributed by atoms with Crippen LogP contribution in [0, 0.1) is 0 Å². The Balaban J connectivity index is 2.78. The van der Waals surface area contributed by atoms with E-state index in [4.69, 9.17) is 21.7 Å². The average molecular weight is 466 g/mol. The van der Waals surface area contributed by atoms with Gasteiger partial charge in [0, 0.05) is 6.42 Å². The topological polar surface area (TPSA) is 214 Å². The van der Waals surface area contributed by atoms with E-state index >= 15 is 0 Å². The molecule has 3 amide bonds. The Morgan fingerprint density at radius 2 is 1.58 bits per heavy atom. The molecule has 1 aromatic carbocycles. The summed E-state index contributed by atoms with van der Waals surface area (Å²) in [4.78, 5) is 59.2. The molecule has 0 aliphatic rings. The molecular weight excluding hydrogens is 434 g/mol. The number of unbranched alkanes of at least 4 members (excludes halogenated alkanes) is 1. The van der Waals surface area contributed by atoms with Crippen molar-refractivity contribution in [3.63, 3.8) is 0 Å². The van der Waals surface area contributed by atoms with Crippen LogP contribution in [0.15, 0.2) is 30.3 Å². The van der Waals surface area contributed by atoms with Crippen molar-refractivity contribution in [2.24, 2.45) is 11.5 Å². The lowest BCUT2D eigenvalue weighted by molar-refractivity contribution is -0.147. The number of rotatable bonds is 15. The minimum absolute atomic E-state index is 0.0182. The van der Waals surface area contributed by atoms with Crippen LogP contribution in [0.3, 0.4) is 0 Å². The SMILES string of the molecule is NCCCC[C@@H](N)C(=O)NCC(=O)N[C@@H](Cc1ccccc1)C(=O)N[C@@H](CC(=O)O)C(=O)O. The Kier molecular flexibility index (Phi) is 12.1. The highest BCUT2D eigenvalue weighted by molar-refractivity contribution is 5.93. The molecule has 12 nitrogen and oxygen atoms in total. The Hall–Kier alpha value is -3.51.